The number of anilines is 1. The van der Waals surface area contributed by atoms with Gasteiger partial charge in [-0.25, -0.2) is 4.98 Å². The molecule has 2 aromatic rings. The number of benzene rings is 1. The Morgan fingerprint density at radius 2 is 2.12 bits per heavy atom. The Labute approximate surface area is 102 Å². The molecule has 0 unspecified atom stereocenters. The summed E-state index contributed by atoms with van der Waals surface area (Å²) in [6, 6.07) is 6.42. The van der Waals surface area contributed by atoms with Crippen molar-refractivity contribution in [2.75, 3.05) is 5.32 Å². The van der Waals surface area contributed by atoms with Gasteiger partial charge in [0.2, 0.25) is 5.13 Å². The molecule has 1 N–H and O–H groups in total. The van der Waals surface area contributed by atoms with Crippen molar-refractivity contribution >= 4 is 22.4 Å². The van der Waals surface area contributed by atoms with E-state index in [1.807, 2.05) is 6.92 Å². The minimum atomic E-state index is -0.411. The highest BCUT2D eigenvalue weighted by molar-refractivity contribution is 7.09. The maximum atomic E-state index is 10.5. The molecule has 0 fully saturated rings. The fourth-order valence-corrected chi connectivity index (χ4v) is 1.85. The lowest BCUT2D eigenvalue weighted by Gasteiger charge is -2.01. The van der Waals surface area contributed by atoms with Crippen LogP contribution in [-0.4, -0.2) is 14.3 Å². The normalized spacial score (nSPS) is 10.2. The number of aromatic nitrogens is 2. The molecule has 6 nitrogen and oxygen atoms in total. The average Bonchev–Trinajstić information content (AvgIpc) is 2.73. The summed E-state index contributed by atoms with van der Waals surface area (Å²) in [4.78, 5) is 14.2. The third kappa shape index (κ3) is 2.97. The van der Waals surface area contributed by atoms with Crippen molar-refractivity contribution in [3.05, 3.63) is 45.8 Å². The molecule has 1 heterocycles. The van der Waals surface area contributed by atoms with Gasteiger partial charge in [-0.15, -0.1) is 0 Å². The largest absolute Gasteiger partial charge is 0.356 e. The number of aryl methyl sites for hydroxylation is 1. The Balaban J connectivity index is 1.97. The molecule has 0 amide bonds. The lowest BCUT2D eigenvalue weighted by Crippen LogP contribution is -1.99. The van der Waals surface area contributed by atoms with E-state index in [4.69, 9.17) is 0 Å². The van der Waals surface area contributed by atoms with Gasteiger partial charge in [-0.1, -0.05) is 12.1 Å². The minimum Gasteiger partial charge on any atom is -0.356 e. The highest BCUT2D eigenvalue weighted by Gasteiger charge is 2.04. The molecule has 0 atom stereocenters. The molecule has 1 aromatic carbocycles. The van der Waals surface area contributed by atoms with Crippen LogP contribution in [0.25, 0.3) is 0 Å². The first kappa shape index (κ1) is 11.5. The zero-order chi connectivity index (χ0) is 12.3. The van der Waals surface area contributed by atoms with Crippen molar-refractivity contribution in [3.63, 3.8) is 0 Å². The molecule has 17 heavy (non-hydrogen) atoms. The summed E-state index contributed by atoms with van der Waals surface area (Å²) < 4.78 is 4.04. The van der Waals surface area contributed by atoms with E-state index in [0.29, 0.717) is 6.54 Å². The van der Waals surface area contributed by atoms with Gasteiger partial charge in [0, 0.05) is 30.2 Å². The Kier molecular flexibility index (Phi) is 3.29. The van der Waals surface area contributed by atoms with Crippen molar-refractivity contribution in [1.82, 2.24) is 9.36 Å². The smallest absolute Gasteiger partial charge is 0.269 e. The van der Waals surface area contributed by atoms with Gasteiger partial charge in [0.15, 0.2) is 0 Å². The van der Waals surface area contributed by atoms with Gasteiger partial charge in [-0.05, 0) is 12.5 Å². The van der Waals surface area contributed by atoms with Crippen LogP contribution < -0.4 is 5.32 Å². The van der Waals surface area contributed by atoms with Crippen LogP contribution in [0.1, 0.15) is 11.4 Å². The third-order valence-corrected chi connectivity index (χ3v) is 2.88. The van der Waals surface area contributed by atoms with E-state index in [0.717, 1.165) is 16.5 Å². The molecule has 0 saturated heterocycles. The van der Waals surface area contributed by atoms with Gasteiger partial charge in [0.05, 0.1) is 4.92 Å². The molecule has 0 saturated carbocycles. The Morgan fingerprint density at radius 1 is 1.41 bits per heavy atom. The predicted octanol–water partition coefficient (Wildman–Crippen LogP) is 2.37. The van der Waals surface area contributed by atoms with Gasteiger partial charge in [0.1, 0.15) is 5.82 Å². The molecule has 0 radical (unpaired) electrons. The van der Waals surface area contributed by atoms with E-state index in [2.05, 4.69) is 14.7 Å². The summed E-state index contributed by atoms with van der Waals surface area (Å²) >= 11 is 1.30. The first-order valence-corrected chi connectivity index (χ1v) is 5.70. The lowest BCUT2D eigenvalue weighted by molar-refractivity contribution is -0.384. The second-order valence-electron chi connectivity index (χ2n) is 3.42. The van der Waals surface area contributed by atoms with E-state index >= 15 is 0 Å². The maximum absolute atomic E-state index is 10.5. The Bertz CT molecular complexity index is 523. The van der Waals surface area contributed by atoms with Crippen LogP contribution in [0.5, 0.6) is 0 Å². The second kappa shape index (κ2) is 4.88. The van der Waals surface area contributed by atoms with Crippen molar-refractivity contribution < 1.29 is 4.92 Å². The quantitative estimate of drug-likeness (QED) is 0.665. The number of hydrogen-bond donors (Lipinski definition) is 1. The van der Waals surface area contributed by atoms with E-state index in [-0.39, 0.29) is 5.69 Å². The molecule has 0 aliphatic rings. The maximum Gasteiger partial charge on any atom is 0.269 e. The van der Waals surface area contributed by atoms with Crippen LogP contribution in [0.2, 0.25) is 0 Å². The molecular weight excluding hydrogens is 240 g/mol. The van der Waals surface area contributed by atoms with Crippen molar-refractivity contribution in [1.29, 1.82) is 0 Å². The first-order chi connectivity index (χ1) is 8.15. The number of nitrogens with one attached hydrogen (secondary N) is 1. The van der Waals surface area contributed by atoms with Crippen LogP contribution in [0.3, 0.4) is 0 Å². The summed E-state index contributed by atoms with van der Waals surface area (Å²) in [5.41, 5.74) is 1.06. The van der Waals surface area contributed by atoms with Crippen LogP contribution >= 0.6 is 11.5 Å². The zero-order valence-corrected chi connectivity index (χ0v) is 9.90. The van der Waals surface area contributed by atoms with Crippen molar-refractivity contribution in [3.8, 4) is 0 Å². The van der Waals surface area contributed by atoms with E-state index in [1.165, 1.54) is 23.7 Å². The van der Waals surface area contributed by atoms with Crippen LogP contribution in [0.15, 0.2) is 24.3 Å². The second-order valence-corrected chi connectivity index (χ2v) is 4.18. The van der Waals surface area contributed by atoms with Gasteiger partial charge >= 0.3 is 0 Å². The number of nitro groups is 1. The number of nitro benzene ring substituents is 1. The molecule has 88 valence electrons. The highest BCUT2D eigenvalue weighted by Crippen LogP contribution is 2.15. The Hall–Kier alpha value is -2.02. The molecular formula is C10H10N4O2S. The van der Waals surface area contributed by atoms with Crippen LogP contribution in [0, 0.1) is 17.0 Å². The number of non-ortho nitro benzene ring substituents is 1. The third-order valence-electron chi connectivity index (χ3n) is 2.12. The van der Waals surface area contributed by atoms with Crippen LogP contribution in [0.4, 0.5) is 10.8 Å². The van der Waals surface area contributed by atoms with E-state index in [9.17, 15) is 10.1 Å². The van der Waals surface area contributed by atoms with Gasteiger partial charge in [-0.2, -0.15) is 4.37 Å². The fraction of sp³-hybridized carbons (Fsp3) is 0.200. The monoisotopic (exact) mass is 250 g/mol. The van der Waals surface area contributed by atoms with Crippen molar-refractivity contribution in [2.24, 2.45) is 0 Å². The highest BCUT2D eigenvalue weighted by atomic mass is 32.1. The number of rotatable bonds is 4. The van der Waals surface area contributed by atoms with Crippen molar-refractivity contribution in [2.45, 2.75) is 13.5 Å². The molecule has 2 rings (SSSR count). The molecule has 0 spiro atoms. The standard InChI is InChI=1S/C10H10N4O2S/c1-7-12-10(17-13-7)11-6-8-2-4-9(5-3-8)14(15)16/h2-5H,6H2,1H3,(H,11,12,13). The number of nitrogens with zero attached hydrogens (tertiary/aromatic N) is 3. The Morgan fingerprint density at radius 3 is 2.65 bits per heavy atom. The fourth-order valence-electron chi connectivity index (χ4n) is 1.28. The van der Waals surface area contributed by atoms with E-state index < -0.39 is 4.92 Å². The summed E-state index contributed by atoms with van der Waals surface area (Å²) in [6.45, 7) is 2.40. The zero-order valence-electron chi connectivity index (χ0n) is 9.08. The van der Waals surface area contributed by atoms with Crippen LogP contribution in [-0.2, 0) is 6.54 Å². The SMILES string of the molecule is Cc1nsc(NCc2ccc([N+](=O)[O-])cc2)n1. The minimum absolute atomic E-state index is 0.0977. The summed E-state index contributed by atoms with van der Waals surface area (Å²) in [6.07, 6.45) is 0. The summed E-state index contributed by atoms with van der Waals surface area (Å²) in [5.74, 6) is 0.737. The first-order valence-electron chi connectivity index (χ1n) is 4.92. The molecule has 0 aliphatic heterocycles. The molecule has 0 bridgehead atoms. The molecule has 7 heteroatoms. The topological polar surface area (TPSA) is 81.0 Å². The lowest BCUT2D eigenvalue weighted by atomic mass is 10.2. The summed E-state index contributed by atoms with van der Waals surface area (Å²) in [7, 11) is 0. The predicted molar refractivity (Wildman–Crippen MR) is 65.1 cm³/mol. The van der Waals surface area contributed by atoms with Gasteiger partial charge in [-0.3, -0.25) is 10.1 Å². The van der Waals surface area contributed by atoms with Gasteiger partial charge in [0.25, 0.3) is 5.69 Å². The van der Waals surface area contributed by atoms with Gasteiger partial charge < -0.3 is 5.32 Å². The number of hydrogen-bond acceptors (Lipinski definition) is 6. The van der Waals surface area contributed by atoms with E-state index in [1.54, 1.807) is 12.1 Å². The average molecular weight is 250 g/mol. The molecule has 0 aliphatic carbocycles. The molecule has 1 aromatic heterocycles. The summed E-state index contributed by atoms with van der Waals surface area (Å²) in [5, 5.41) is 14.3.